The van der Waals surface area contributed by atoms with E-state index in [1.807, 2.05) is 20.8 Å². The van der Waals surface area contributed by atoms with E-state index in [1.165, 1.54) is 11.1 Å². The summed E-state index contributed by atoms with van der Waals surface area (Å²) in [5.74, 6) is 0. The van der Waals surface area contributed by atoms with Crippen molar-refractivity contribution < 1.29 is 33.1 Å². The van der Waals surface area contributed by atoms with Gasteiger partial charge in [-0.15, -0.1) is 0 Å². The van der Waals surface area contributed by atoms with E-state index in [1.54, 1.807) is 26.8 Å². The molecule has 0 aromatic carbocycles. The highest BCUT2D eigenvalue weighted by molar-refractivity contribution is 7.47. The Bertz CT molecular complexity index is 601. The van der Waals surface area contributed by atoms with Crippen LogP contribution < -0.4 is 11.1 Å². The number of hydrogen-bond donors (Lipinski definition) is 4. The number of amides is 2. The first-order valence-electron chi connectivity index (χ1n) is 9.09. The molecular weight excluding hydrogens is 389 g/mol. The van der Waals surface area contributed by atoms with E-state index in [4.69, 9.17) is 19.5 Å². The van der Waals surface area contributed by atoms with Gasteiger partial charge < -0.3 is 25.8 Å². The third-order valence-corrected chi connectivity index (χ3v) is 4.70. The number of aliphatic hydroxyl groups excluding tert-OH is 1. The molecule has 28 heavy (non-hydrogen) atoms. The van der Waals surface area contributed by atoms with Crippen LogP contribution in [0.4, 0.5) is 4.79 Å². The number of phosphoric ester groups is 1. The number of urea groups is 1. The Hall–Kier alpha value is -1.00. The second-order valence-electron chi connectivity index (χ2n) is 8.85. The number of nitrogens with two attached hydrogens (primary N) is 1. The highest BCUT2D eigenvalue weighted by atomic mass is 31.2. The Labute approximate surface area is 166 Å². The van der Waals surface area contributed by atoms with E-state index >= 15 is 0 Å². The second-order valence-corrected chi connectivity index (χ2v) is 10.2. The summed E-state index contributed by atoms with van der Waals surface area (Å²) in [6.07, 6.45) is 1.10. The molecular formula is C17H34N3O7P. The number of ether oxygens (including phenoxy) is 1. The third kappa shape index (κ3) is 9.47. The Morgan fingerprint density at radius 2 is 1.93 bits per heavy atom. The summed E-state index contributed by atoms with van der Waals surface area (Å²) in [6.45, 7) is 10.1. The van der Waals surface area contributed by atoms with Crippen molar-refractivity contribution in [3.63, 3.8) is 0 Å². The highest BCUT2D eigenvalue weighted by Gasteiger charge is 2.33. The molecule has 2 amide bonds. The fraction of sp³-hybridized carbons (Fsp3) is 0.824. The highest BCUT2D eigenvalue weighted by Crippen LogP contribution is 2.47. The predicted octanol–water partition coefficient (Wildman–Crippen LogP) is 1.88. The van der Waals surface area contributed by atoms with Crippen LogP contribution in [-0.4, -0.2) is 58.2 Å². The van der Waals surface area contributed by atoms with E-state index in [0.29, 0.717) is 6.42 Å². The van der Waals surface area contributed by atoms with Crippen molar-refractivity contribution in [3.8, 4) is 0 Å². The van der Waals surface area contributed by atoms with Gasteiger partial charge in [-0.2, -0.15) is 0 Å². The molecule has 0 saturated carbocycles. The van der Waals surface area contributed by atoms with Crippen LogP contribution in [0.25, 0.3) is 0 Å². The predicted molar refractivity (Wildman–Crippen MR) is 104 cm³/mol. The number of phosphoric acid groups is 1. The van der Waals surface area contributed by atoms with Gasteiger partial charge in [-0.25, -0.2) is 9.36 Å². The quantitative estimate of drug-likeness (QED) is 0.412. The molecule has 0 spiro atoms. The number of carbonyl (C=O) groups excluding carboxylic acids is 1. The summed E-state index contributed by atoms with van der Waals surface area (Å²) >= 11 is 0. The molecule has 0 aromatic heterocycles. The normalized spacial score (nSPS) is 22.5. The molecule has 0 bridgehead atoms. The van der Waals surface area contributed by atoms with Gasteiger partial charge >= 0.3 is 13.9 Å². The number of carbonyl (C=O) groups is 1. The van der Waals surface area contributed by atoms with Gasteiger partial charge in [0, 0.05) is 6.20 Å². The average Bonchev–Trinajstić information content (AvgIpc) is 2.47. The van der Waals surface area contributed by atoms with Crippen LogP contribution in [0.2, 0.25) is 0 Å². The van der Waals surface area contributed by atoms with Crippen molar-refractivity contribution in [1.82, 2.24) is 10.2 Å². The summed E-state index contributed by atoms with van der Waals surface area (Å²) in [5.41, 5.74) is 4.54. The van der Waals surface area contributed by atoms with Crippen LogP contribution in [0.5, 0.6) is 0 Å². The molecule has 1 rings (SSSR count). The van der Waals surface area contributed by atoms with Crippen molar-refractivity contribution in [2.45, 2.75) is 72.1 Å². The molecule has 0 fully saturated rings. The van der Waals surface area contributed by atoms with Gasteiger partial charge in [-0.1, -0.05) is 20.8 Å². The number of nitrogens with one attached hydrogen (secondary N) is 1. The van der Waals surface area contributed by atoms with Gasteiger partial charge in [0.05, 0.1) is 31.1 Å². The fourth-order valence-electron chi connectivity index (χ4n) is 2.54. The van der Waals surface area contributed by atoms with Crippen molar-refractivity contribution in [2.24, 2.45) is 11.1 Å². The van der Waals surface area contributed by atoms with Gasteiger partial charge in [-0.3, -0.25) is 13.9 Å². The SMILES string of the molecule is CC(C)(C)C[C@H](COP(=O)(O)OC(C)(C)C)O[C@H](CO)N1C=CC(N)NC1=O. The average molecular weight is 423 g/mol. The maximum absolute atomic E-state index is 12.2. The van der Waals surface area contributed by atoms with Crippen molar-refractivity contribution >= 4 is 13.9 Å². The van der Waals surface area contributed by atoms with E-state index in [0.717, 1.165) is 0 Å². The van der Waals surface area contributed by atoms with Crippen LogP contribution in [0.1, 0.15) is 48.0 Å². The van der Waals surface area contributed by atoms with Gasteiger partial charge in [0.1, 0.15) is 0 Å². The summed E-state index contributed by atoms with van der Waals surface area (Å²) in [5, 5.41) is 12.2. The zero-order valence-electron chi connectivity index (χ0n) is 17.4. The Balaban J connectivity index is 2.87. The standard InChI is InChI=1S/C17H34N3O7P/c1-16(2,3)9-12(11-25-28(23,24)27-17(4,5)6)26-14(10-21)20-8-7-13(18)19-15(20)22/h7-8,12-14,21H,9-11,18H2,1-6H3,(H,19,22)(H,23,24)/t12-,13?,14-/m1/s1. The Morgan fingerprint density at radius 3 is 2.39 bits per heavy atom. The number of rotatable bonds is 9. The largest absolute Gasteiger partial charge is 0.472 e. The van der Waals surface area contributed by atoms with E-state index in [9.17, 15) is 19.4 Å². The molecule has 0 saturated heterocycles. The number of aliphatic hydroxyl groups is 1. The minimum Gasteiger partial charge on any atom is -0.392 e. The molecule has 4 atom stereocenters. The molecule has 10 nitrogen and oxygen atoms in total. The zero-order chi connectivity index (χ0) is 21.8. The molecule has 0 aliphatic carbocycles. The van der Waals surface area contributed by atoms with Gasteiger partial charge in [0.15, 0.2) is 6.23 Å². The van der Waals surface area contributed by atoms with Crippen LogP contribution >= 0.6 is 7.82 Å². The molecule has 1 heterocycles. The molecule has 0 aromatic rings. The minimum atomic E-state index is -4.30. The van der Waals surface area contributed by atoms with Crippen LogP contribution in [0, 0.1) is 5.41 Å². The molecule has 2 unspecified atom stereocenters. The molecule has 5 N–H and O–H groups in total. The third-order valence-electron chi connectivity index (χ3n) is 3.45. The monoisotopic (exact) mass is 423 g/mol. The minimum absolute atomic E-state index is 0.208. The first-order valence-corrected chi connectivity index (χ1v) is 10.6. The summed E-state index contributed by atoms with van der Waals surface area (Å²) in [4.78, 5) is 23.2. The smallest absolute Gasteiger partial charge is 0.392 e. The molecule has 1 aliphatic rings. The van der Waals surface area contributed by atoms with Crippen molar-refractivity contribution in [3.05, 3.63) is 12.3 Å². The molecule has 11 heteroatoms. The van der Waals surface area contributed by atoms with E-state index in [-0.39, 0.29) is 12.0 Å². The van der Waals surface area contributed by atoms with E-state index in [2.05, 4.69) is 5.32 Å². The number of nitrogens with zero attached hydrogens (tertiary/aromatic N) is 1. The summed E-state index contributed by atoms with van der Waals surface area (Å²) in [6, 6.07) is -0.520. The lowest BCUT2D eigenvalue weighted by Gasteiger charge is -2.35. The van der Waals surface area contributed by atoms with Crippen molar-refractivity contribution in [2.75, 3.05) is 13.2 Å². The van der Waals surface area contributed by atoms with Gasteiger partial charge in [0.25, 0.3) is 0 Å². The molecule has 164 valence electrons. The van der Waals surface area contributed by atoms with Crippen LogP contribution in [0.15, 0.2) is 12.3 Å². The molecule has 1 aliphatic heterocycles. The molecule has 0 radical (unpaired) electrons. The Kier molecular flexibility index (Phi) is 8.64. The van der Waals surface area contributed by atoms with Crippen LogP contribution in [0.3, 0.4) is 0 Å². The lowest BCUT2D eigenvalue weighted by molar-refractivity contribution is -0.116. The number of hydrogen-bond acceptors (Lipinski definition) is 7. The topological polar surface area (TPSA) is 144 Å². The first-order chi connectivity index (χ1) is 12.6. The first kappa shape index (κ1) is 25.0. The maximum Gasteiger partial charge on any atom is 0.472 e. The van der Waals surface area contributed by atoms with Gasteiger partial charge in [-0.05, 0) is 38.7 Å². The van der Waals surface area contributed by atoms with Gasteiger partial charge in [0.2, 0.25) is 0 Å². The van der Waals surface area contributed by atoms with Crippen molar-refractivity contribution in [1.29, 1.82) is 0 Å². The fourth-order valence-corrected chi connectivity index (χ4v) is 3.64. The second kappa shape index (κ2) is 9.67. The lowest BCUT2D eigenvalue weighted by Crippen LogP contribution is -2.54. The Morgan fingerprint density at radius 1 is 1.32 bits per heavy atom. The van der Waals surface area contributed by atoms with E-state index < -0.39 is 44.6 Å². The maximum atomic E-state index is 12.2. The van der Waals surface area contributed by atoms with Crippen LogP contribution in [-0.2, 0) is 18.3 Å². The lowest BCUT2D eigenvalue weighted by atomic mass is 9.89. The zero-order valence-corrected chi connectivity index (χ0v) is 18.3. The summed E-state index contributed by atoms with van der Waals surface area (Å²) < 4.78 is 28.2. The summed E-state index contributed by atoms with van der Waals surface area (Å²) in [7, 11) is -4.30.